The Labute approximate surface area is 81.1 Å². The van der Waals surface area contributed by atoms with Gasteiger partial charge in [0.15, 0.2) is 0 Å². The van der Waals surface area contributed by atoms with E-state index in [4.69, 9.17) is 0 Å². The molecule has 0 bridgehead atoms. The second-order valence-corrected chi connectivity index (χ2v) is 3.94. The number of hydrogen-bond acceptors (Lipinski definition) is 1. The topological polar surface area (TPSA) is 17.8 Å². The molecule has 2 nitrogen and oxygen atoms in total. The Balaban J connectivity index is 2.11. The van der Waals surface area contributed by atoms with Gasteiger partial charge in [0.2, 0.25) is 0 Å². The highest BCUT2D eigenvalue weighted by Crippen LogP contribution is 2.29. The minimum atomic E-state index is 0.727. The summed E-state index contributed by atoms with van der Waals surface area (Å²) in [5.74, 6) is 0. The first-order chi connectivity index (χ1) is 5.90. The van der Waals surface area contributed by atoms with Crippen LogP contribution in [0.4, 0.5) is 0 Å². The lowest BCUT2D eigenvalue weighted by atomic mass is 10.2. The minimum Gasteiger partial charge on any atom is -0.334 e. The lowest BCUT2D eigenvalue weighted by Gasteiger charge is -2.09. The number of alkyl halides is 1. The number of nitrogens with zero attached hydrogens (tertiary/aromatic N) is 2. The van der Waals surface area contributed by atoms with Gasteiger partial charge < -0.3 is 4.57 Å². The average Bonchev–Trinajstić information content (AvgIpc) is 2.75. The van der Waals surface area contributed by atoms with Gasteiger partial charge in [-0.1, -0.05) is 28.8 Å². The van der Waals surface area contributed by atoms with Crippen LogP contribution in [0.15, 0.2) is 12.5 Å². The maximum absolute atomic E-state index is 4.30. The van der Waals surface area contributed by atoms with E-state index in [1.165, 1.54) is 25.7 Å². The van der Waals surface area contributed by atoms with E-state index >= 15 is 0 Å². The van der Waals surface area contributed by atoms with Crippen LogP contribution in [0.3, 0.4) is 0 Å². The van der Waals surface area contributed by atoms with Crippen molar-refractivity contribution in [2.45, 2.75) is 37.1 Å². The van der Waals surface area contributed by atoms with Crippen molar-refractivity contribution in [3.05, 3.63) is 18.2 Å². The summed E-state index contributed by atoms with van der Waals surface area (Å²) in [6.07, 6.45) is 9.55. The second-order valence-electron chi connectivity index (χ2n) is 3.38. The van der Waals surface area contributed by atoms with Crippen molar-refractivity contribution in [1.29, 1.82) is 0 Å². The summed E-state index contributed by atoms with van der Waals surface area (Å²) in [5, 5.41) is 0.868. The average molecular weight is 229 g/mol. The summed E-state index contributed by atoms with van der Waals surface area (Å²) >= 11 is 3.40. The van der Waals surface area contributed by atoms with E-state index in [0.717, 1.165) is 17.1 Å². The van der Waals surface area contributed by atoms with E-state index < -0.39 is 0 Å². The number of imidazole rings is 1. The van der Waals surface area contributed by atoms with Gasteiger partial charge in [0, 0.05) is 17.6 Å². The minimum absolute atomic E-state index is 0.727. The van der Waals surface area contributed by atoms with Crippen LogP contribution in [0.5, 0.6) is 0 Å². The van der Waals surface area contributed by atoms with Gasteiger partial charge >= 0.3 is 0 Å². The summed E-state index contributed by atoms with van der Waals surface area (Å²) in [5.41, 5.74) is 1.14. The van der Waals surface area contributed by atoms with E-state index in [-0.39, 0.29) is 0 Å². The third-order valence-electron chi connectivity index (χ3n) is 2.54. The normalized spacial score (nSPS) is 18.8. The van der Waals surface area contributed by atoms with Crippen LogP contribution >= 0.6 is 15.9 Å². The molecule has 1 heterocycles. The third kappa shape index (κ3) is 1.56. The van der Waals surface area contributed by atoms with Crippen molar-refractivity contribution in [3.63, 3.8) is 0 Å². The highest BCUT2D eigenvalue weighted by Gasteiger charge is 2.16. The van der Waals surface area contributed by atoms with Crippen molar-refractivity contribution >= 4 is 15.9 Å². The zero-order valence-corrected chi connectivity index (χ0v) is 8.63. The second kappa shape index (κ2) is 3.60. The molecule has 12 heavy (non-hydrogen) atoms. The fourth-order valence-electron chi connectivity index (χ4n) is 1.85. The Morgan fingerprint density at radius 2 is 2.25 bits per heavy atom. The van der Waals surface area contributed by atoms with Gasteiger partial charge in [-0.15, -0.1) is 0 Å². The molecular formula is C9H13BrN2. The molecule has 0 spiro atoms. The molecule has 0 N–H and O–H groups in total. The van der Waals surface area contributed by atoms with Gasteiger partial charge in [0.1, 0.15) is 0 Å². The van der Waals surface area contributed by atoms with E-state index in [9.17, 15) is 0 Å². The predicted octanol–water partition coefficient (Wildman–Crippen LogP) is 2.89. The lowest BCUT2D eigenvalue weighted by Crippen LogP contribution is -2.00. The van der Waals surface area contributed by atoms with Crippen molar-refractivity contribution in [2.75, 3.05) is 0 Å². The van der Waals surface area contributed by atoms with Crippen LogP contribution in [0.2, 0.25) is 0 Å². The maximum atomic E-state index is 4.30. The molecule has 0 radical (unpaired) electrons. The Morgan fingerprint density at radius 1 is 1.50 bits per heavy atom. The Bertz CT molecular complexity index is 251. The third-order valence-corrected chi connectivity index (χ3v) is 3.11. The van der Waals surface area contributed by atoms with Crippen LogP contribution in [0.1, 0.15) is 37.4 Å². The van der Waals surface area contributed by atoms with E-state index in [0.29, 0.717) is 0 Å². The molecule has 1 fully saturated rings. The van der Waals surface area contributed by atoms with Crippen molar-refractivity contribution in [1.82, 2.24) is 9.55 Å². The molecule has 2 rings (SSSR count). The summed E-state index contributed by atoms with van der Waals surface area (Å²) in [7, 11) is 0. The molecule has 0 amide bonds. The standard InChI is InChI=1S/C9H13BrN2/c10-5-8-6-12(7-11-8)9-3-1-2-4-9/h6-7,9H,1-5H2. The fraction of sp³-hybridized carbons (Fsp3) is 0.667. The molecule has 66 valence electrons. The van der Waals surface area contributed by atoms with Gasteiger partial charge in [-0.25, -0.2) is 4.98 Å². The molecule has 0 unspecified atom stereocenters. The summed E-state index contributed by atoms with van der Waals surface area (Å²) < 4.78 is 2.27. The molecule has 1 aromatic rings. The molecule has 1 saturated carbocycles. The zero-order valence-electron chi connectivity index (χ0n) is 7.04. The van der Waals surface area contributed by atoms with Gasteiger partial charge in [-0.3, -0.25) is 0 Å². The van der Waals surface area contributed by atoms with E-state index in [1.54, 1.807) is 0 Å². The zero-order chi connectivity index (χ0) is 8.39. The maximum Gasteiger partial charge on any atom is 0.0952 e. The monoisotopic (exact) mass is 228 g/mol. The van der Waals surface area contributed by atoms with Crippen molar-refractivity contribution < 1.29 is 0 Å². The van der Waals surface area contributed by atoms with E-state index in [1.807, 2.05) is 6.33 Å². The predicted molar refractivity (Wildman–Crippen MR) is 52.4 cm³/mol. The Morgan fingerprint density at radius 3 is 2.83 bits per heavy atom. The van der Waals surface area contributed by atoms with Crippen LogP contribution in [-0.4, -0.2) is 9.55 Å². The molecule has 0 aromatic carbocycles. The molecule has 1 aliphatic carbocycles. The van der Waals surface area contributed by atoms with Crippen LogP contribution < -0.4 is 0 Å². The Hall–Kier alpha value is -0.310. The summed E-state index contributed by atoms with van der Waals surface area (Å²) in [6.45, 7) is 0. The van der Waals surface area contributed by atoms with Gasteiger partial charge in [-0.05, 0) is 12.8 Å². The largest absolute Gasteiger partial charge is 0.334 e. The molecule has 1 aliphatic rings. The first kappa shape index (κ1) is 8.30. The van der Waals surface area contributed by atoms with Gasteiger partial charge in [0.25, 0.3) is 0 Å². The Kier molecular flexibility index (Phi) is 2.49. The summed E-state index contributed by atoms with van der Waals surface area (Å²) in [6, 6.07) is 0.727. The van der Waals surface area contributed by atoms with Gasteiger partial charge in [0.05, 0.1) is 12.0 Å². The molecule has 0 saturated heterocycles. The van der Waals surface area contributed by atoms with Gasteiger partial charge in [-0.2, -0.15) is 0 Å². The molecule has 1 aromatic heterocycles. The van der Waals surface area contributed by atoms with Crippen LogP contribution in [0, 0.1) is 0 Å². The van der Waals surface area contributed by atoms with Crippen LogP contribution in [0.25, 0.3) is 0 Å². The fourth-order valence-corrected chi connectivity index (χ4v) is 2.14. The highest BCUT2D eigenvalue weighted by atomic mass is 79.9. The molecule has 0 atom stereocenters. The highest BCUT2D eigenvalue weighted by molar-refractivity contribution is 9.08. The SMILES string of the molecule is BrCc1cn(C2CCCC2)cn1. The molecular weight excluding hydrogens is 216 g/mol. The number of aromatic nitrogens is 2. The first-order valence-corrected chi connectivity index (χ1v) is 5.60. The summed E-state index contributed by atoms with van der Waals surface area (Å²) in [4.78, 5) is 4.30. The van der Waals surface area contributed by atoms with Crippen molar-refractivity contribution in [2.24, 2.45) is 0 Å². The quantitative estimate of drug-likeness (QED) is 0.713. The number of hydrogen-bond donors (Lipinski definition) is 0. The number of halogens is 1. The van der Waals surface area contributed by atoms with E-state index in [2.05, 4.69) is 31.7 Å². The lowest BCUT2D eigenvalue weighted by molar-refractivity contribution is 0.518. The first-order valence-electron chi connectivity index (χ1n) is 4.48. The molecule has 3 heteroatoms. The van der Waals surface area contributed by atoms with Crippen LogP contribution in [-0.2, 0) is 5.33 Å². The molecule has 0 aliphatic heterocycles. The van der Waals surface area contributed by atoms with Crippen molar-refractivity contribution in [3.8, 4) is 0 Å². The number of rotatable bonds is 2. The smallest absolute Gasteiger partial charge is 0.0952 e.